The summed E-state index contributed by atoms with van der Waals surface area (Å²) < 4.78 is 1.24. The third-order valence-electron chi connectivity index (χ3n) is 5.28. The monoisotopic (exact) mass is 446 g/mol. The molecule has 4 aromatic rings. The third-order valence-corrected chi connectivity index (χ3v) is 7.40. The molecule has 1 aliphatic rings. The molecule has 0 amide bonds. The predicted octanol–water partition coefficient (Wildman–Crippen LogP) is 7.19. The normalized spacial score (nSPS) is 18.2. The van der Waals surface area contributed by atoms with Crippen LogP contribution in [0.1, 0.15) is 17.5 Å². The number of thiazole rings is 1. The molecular formula is C24H19BrN2S. The Kier molecular flexibility index (Phi) is 4.53. The Labute approximate surface area is 177 Å². The Morgan fingerprint density at radius 2 is 1.68 bits per heavy atom. The van der Waals surface area contributed by atoms with Crippen molar-refractivity contribution in [1.29, 1.82) is 0 Å². The van der Waals surface area contributed by atoms with Gasteiger partial charge in [0.25, 0.3) is 0 Å². The number of benzene rings is 3. The third kappa shape index (κ3) is 2.97. The first-order valence-corrected chi connectivity index (χ1v) is 11.1. The van der Waals surface area contributed by atoms with Gasteiger partial charge in [-0.25, -0.2) is 4.98 Å². The summed E-state index contributed by atoms with van der Waals surface area (Å²) in [6, 6.07) is 27.6. The average molecular weight is 447 g/mol. The second kappa shape index (κ2) is 7.19. The molecule has 5 rings (SSSR count). The van der Waals surface area contributed by atoms with E-state index < -0.39 is 0 Å². The van der Waals surface area contributed by atoms with Crippen LogP contribution in [0.15, 0.2) is 84.4 Å². The zero-order chi connectivity index (χ0) is 19.1. The van der Waals surface area contributed by atoms with Gasteiger partial charge in [-0.1, -0.05) is 64.5 Å². The summed E-state index contributed by atoms with van der Waals surface area (Å²) in [6.07, 6.45) is 0.928. The van der Waals surface area contributed by atoms with Crippen molar-refractivity contribution >= 4 is 54.4 Å². The maximum Gasteiger partial charge on any atom is 0.120 e. The number of halogens is 1. The van der Waals surface area contributed by atoms with Crippen molar-refractivity contribution in [1.82, 2.24) is 4.98 Å². The van der Waals surface area contributed by atoms with Crippen molar-refractivity contribution in [3.8, 4) is 0 Å². The minimum atomic E-state index is 0.0943. The zero-order valence-electron chi connectivity index (χ0n) is 15.5. The molecule has 1 atom stereocenters. The van der Waals surface area contributed by atoms with Gasteiger partial charge >= 0.3 is 0 Å². The molecule has 1 aromatic heterocycles. The molecule has 2 nitrogen and oxygen atoms in total. The van der Waals surface area contributed by atoms with Crippen molar-refractivity contribution in [2.75, 3.05) is 4.90 Å². The molecule has 0 spiro atoms. The van der Waals surface area contributed by atoms with Gasteiger partial charge < -0.3 is 4.90 Å². The van der Waals surface area contributed by atoms with E-state index in [0.717, 1.165) is 16.9 Å². The van der Waals surface area contributed by atoms with E-state index in [1.54, 1.807) is 11.3 Å². The highest BCUT2D eigenvalue weighted by Crippen LogP contribution is 2.44. The molecule has 3 aromatic carbocycles. The summed E-state index contributed by atoms with van der Waals surface area (Å²) in [6.45, 7) is 2.21. The quantitative estimate of drug-likeness (QED) is 0.239. The lowest BCUT2D eigenvalue weighted by Gasteiger charge is -2.38. The summed E-state index contributed by atoms with van der Waals surface area (Å²) in [5.41, 5.74) is 7.49. The van der Waals surface area contributed by atoms with Crippen LogP contribution in [0.2, 0.25) is 0 Å². The van der Waals surface area contributed by atoms with E-state index in [1.165, 1.54) is 32.8 Å². The summed E-state index contributed by atoms with van der Waals surface area (Å²) in [5, 5.41) is 1.10. The molecule has 138 valence electrons. The van der Waals surface area contributed by atoms with Crippen molar-refractivity contribution < 1.29 is 0 Å². The summed E-state index contributed by atoms with van der Waals surface area (Å²) in [4.78, 5) is 7.37. The van der Waals surface area contributed by atoms with E-state index in [9.17, 15) is 0 Å². The van der Waals surface area contributed by atoms with Crippen molar-refractivity contribution in [2.45, 2.75) is 18.3 Å². The van der Waals surface area contributed by atoms with Gasteiger partial charge in [0, 0.05) is 11.4 Å². The van der Waals surface area contributed by atoms with E-state index in [1.807, 2.05) is 0 Å². The number of hydrogen-bond acceptors (Lipinski definition) is 3. The van der Waals surface area contributed by atoms with Crippen LogP contribution in [0, 0.1) is 0 Å². The highest BCUT2D eigenvalue weighted by molar-refractivity contribution is 9.09. The minimum Gasteiger partial charge on any atom is -0.324 e. The van der Waals surface area contributed by atoms with E-state index >= 15 is 0 Å². The van der Waals surface area contributed by atoms with Gasteiger partial charge in [-0.3, -0.25) is 0 Å². The molecular weight excluding hydrogens is 428 g/mol. The van der Waals surface area contributed by atoms with Gasteiger partial charge in [0.05, 0.1) is 10.2 Å². The average Bonchev–Trinajstić information content (AvgIpc) is 3.18. The van der Waals surface area contributed by atoms with Gasteiger partial charge in [-0.2, -0.15) is 0 Å². The van der Waals surface area contributed by atoms with Crippen LogP contribution in [-0.2, 0) is 6.42 Å². The number of allylic oxidation sites excluding steroid dienone is 1. The fourth-order valence-electron chi connectivity index (χ4n) is 3.80. The van der Waals surface area contributed by atoms with Crippen LogP contribution in [0.5, 0.6) is 0 Å². The van der Waals surface area contributed by atoms with E-state index in [-0.39, 0.29) is 4.95 Å². The second-order valence-corrected chi connectivity index (χ2v) is 8.88. The van der Waals surface area contributed by atoms with E-state index in [2.05, 4.69) is 107 Å². The van der Waals surface area contributed by atoms with Crippen LogP contribution in [-0.4, -0.2) is 9.94 Å². The lowest BCUT2D eigenvalue weighted by molar-refractivity contribution is 0.892. The van der Waals surface area contributed by atoms with E-state index in [0.29, 0.717) is 0 Å². The topological polar surface area (TPSA) is 16.1 Å². The standard InChI is InChI=1S/C24H19BrN2S/c1-16(24-26-20-12-6-8-14-22(20)28-24)19-15-17-9-5-7-13-21(17)27(23(19)25)18-10-3-2-4-11-18/h2-14,23H,15H2,1H3. The van der Waals surface area contributed by atoms with Crippen LogP contribution < -0.4 is 4.90 Å². The number of nitrogens with zero attached hydrogens (tertiary/aromatic N) is 2. The Balaban J connectivity index is 1.67. The Hall–Kier alpha value is -2.43. The number of fused-ring (bicyclic) bond motifs is 2. The number of aromatic nitrogens is 1. The molecule has 0 fully saturated rings. The lowest BCUT2D eigenvalue weighted by Crippen LogP contribution is -2.33. The van der Waals surface area contributed by atoms with Gasteiger partial charge in [0.15, 0.2) is 0 Å². The lowest BCUT2D eigenvalue weighted by atomic mass is 9.93. The summed E-state index contributed by atoms with van der Waals surface area (Å²) in [7, 11) is 0. The molecule has 0 aliphatic carbocycles. The number of para-hydroxylation sites is 3. The first-order valence-electron chi connectivity index (χ1n) is 9.34. The minimum absolute atomic E-state index is 0.0943. The summed E-state index contributed by atoms with van der Waals surface area (Å²) in [5.74, 6) is 0. The maximum atomic E-state index is 4.90. The van der Waals surface area contributed by atoms with E-state index in [4.69, 9.17) is 4.98 Å². The van der Waals surface area contributed by atoms with Gasteiger partial charge in [0.2, 0.25) is 0 Å². The van der Waals surface area contributed by atoms with Crippen LogP contribution in [0.25, 0.3) is 15.8 Å². The van der Waals surface area contributed by atoms with Crippen molar-refractivity contribution in [3.63, 3.8) is 0 Å². The largest absolute Gasteiger partial charge is 0.324 e. The van der Waals surface area contributed by atoms with Gasteiger partial charge in [-0.15, -0.1) is 11.3 Å². The molecule has 4 heteroatoms. The highest BCUT2D eigenvalue weighted by Gasteiger charge is 2.31. The molecule has 0 bridgehead atoms. The fourth-order valence-corrected chi connectivity index (χ4v) is 5.77. The first-order chi connectivity index (χ1) is 13.7. The predicted molar refractivity (Wildman–Crippen MR) is 124 cm³/mol. The zero-order valence-corrected chi connectivity index (χ0v) is 17.9. The molecule has 1 aliphatic heterocycles. The number of anilines is 2. The second-order valence-electron chi connectivity index (χ2n) is 6.98. The van der Waals surface area contributed by atoms with Crippen molar-refractivity contribution in [2.24, 2.45) is 0 Å². The molecule has 1 unspecified atom stereocenters. The summed E-state index contributed by atoms with van der Waals surface area (Å²) >= 11 is 5.79. The molecule has 0 N–H and O–H groups in total. The molecule has 0 radical (unpaired) electrons. The molecule has 0 saturated heterocycles. The van der Waals surface area contributed by atoms with Crippen LogP contribution in [0.4, 0.5) is 11.4 Å². The molecule has 2 heterocycles. The first kappa shape index (κ1) is 17.7. The van der Waals surface area contributed by atoms with Crippen LogP contribution >= 0.6 is 27.3 Å². The Bertz CT molecular complexity index is 1150. The molecule has 28 heavy (non-hydrogen) atoms. The number of alkyl halides is 1. The smallest absolute Gasteiger partial charge is 0.120 e. The SMILES string of the molecule is CC(=C1Cc2ccccc2N(c2ccccc2)C1Br)c1nc2ccccc2s1. The van der Waals surface area contributed by atoms with Crippen molar-refractivity contribution in [3.05, 3.63) is 95.0 Å². The van der Waals surface area contributed by atoms with Gasteiger partial charge in [0.1, 0.15) is 9.96 Å². The van der Waals surface area contributed by atoms with Gasteiger partial charge in [-0.05, 0) is 60.4 Å². The number of rotatable bonds is 2. The highest BCUT2D eigenvalue weighted by atomic mass is 79.9. The fraction of sp³-hybridized carbons (Fsp3) is 0.125. The molecule has 0 saturated carbocycles. The maximum absolute atomic E-state index is 4.90. The Morgan fingerprint density at radius 1 is 0.964 bits per heavy atom. The Morgan fingerprint density at radius 3 is 2.50 bits per heavy atom. The number of hydrogen-bond donors (Lipinski definition) is 0. The van der Waals surface area contributed by atoms with Crippen LogP contribution in [0.3, 0.4) is 0 Å².